The van der Waals surface area contributed by atoms with E-state index in [4.69, 9.17) is 5.73 Å². The lowest BCUT2D eigenvalue weighted by Gasteiger charge is -2.19. The first-order chi connectivity index (χ1) is 7.29. The average molecular weight is 225 g/mol. The van der Waals surface area contributed by atoms with E-state index in [1.54, 1.807) is 11.3 Å². The number of hydrogen-bond donors (Lipinski definition) is 2. The van der Waals surface area contributed by atoms with Crippen LogP contribution in [0.3, 0.4) is 0 Å². The molecule has 1 unspecified atom stereocenters. The van der Waals surface area contributed by atoms with E-state index in [2.05, 4.69) is 17.2 Å². The van der Waals surface area contributed by atoms with Gasteiger partial charge in [-0.05, 0) is 31.2 Å². The molecule has 1 atom stereocenters. The second kappa shape index (κ2) is 4.60. The van der Waals surface area contributed by atoms with Gasteiger partial charge in [-0.1, -0.05) is 6.92 Å². The number of hydrogen-bond acceptors (Lipinski definition) is 4. The van der Waals surface area contributed by atoms with Gasteiger partial charge < -0.3 is 11.1 Å². The maximum Gasteiger partial charge on any atom is 0.109 e. The zero-order valence-corrected chi connectivity index (χ0v) is 10.0. The first-order valence-corrected chi connectivity index (χ1v) is 6.50. The highest BCUT2D eigenvalue weighted by atomic mass is 32.1. The van der Waals surface area contributed by atoms with E-state index in [1.807, 2.05) is 11.6 Å². The van der Waals surface area contributed by atoms with Crippen LogP contribution in [-0.2, 0) is 0 Å². The van der Waals surface area contributed by atoms with Crippen molar-refractivity contribution in [1.29, 1.82) is 0 Å². The van der Waals surface area contributed by atoms with E-state index in [1.165, 1.54) is 17.8 Å². The zero-order chi connectivity index (χ0) is 10.7. The molecule has 0 spiro atoms. The van der Waals surface area contributed by atoms with Crippen LogP contribution in [0, 0.1) is 5.41 Å². The molecule has 1 heterocycles. The number of nitrogens with one attached hydrogen (secondary N) is 1. The Labute approximate surface area is 95.1 Å². The summed E-state index contributed by atoms with van der Waals surface area (Å²) in [6, 6.07) is 0.411. The highest BCUT2D eigenvalue weighted by Crippen LogP contribution is 2.44. The minimum atomic E-state index is 0.407. The number of thiazole rings is 1. The van der Waals surface area contributed by atoms with Gasteiger partial charge in [0.2, 0.25) is 0 Å². The van der Waals surface area contributed by atoms with E-state index in [-0.39, 0.29) is 0 Å². The van der Waals surface area contributed by atoms with Crippen molar-refractivity contribution in [2.24, 2.45) is 11.1 Å². The Balaban J connectivity index is 1.87. The molecule has 1 saturated carbocycles. The number of nitrogens with two attached hydrogens (primary N) is 1. The smallest absolute Gasteiger partial charge is 0.109 e. The van der Waals surface area contributed by atoms with Crippen LogP contribution in [0.1, 0.15) is 37.2 Å². The van der Waals surface area contributed by atoms with Crippen LogP contribution in [0.5, 0.6) is 0 Å². The Bertz CT molecular complexity index is 293. The third-order valence-electron chi connectivity index (χ3n) is 3.27. The van der Waals surface area contributed by atoms with Gasteiger partial charge >= 0.3 is 0 Å². The maximum absolute atomic E-state index is 5.76. The average Bonchev–Trinajstić information content (AvgIpc) is 2.85. The number of rotatable bonds is 6. The Morgan fingerprint density at radius 2 is 2.47 bits per heavy atom. The van der Waals surface area contributed by atoms with Crippen LogP contribution in [0.15, 0.2) is 11.6 Å². The molecule has 1 aromatic rings. The lowest BCUT2D eigenvalue weighted by atomic mass is 10.1. The Hall–Kier alpha value is -0.450. The molecule has 0 bridgehead atoms. The largest absolute Gasteiger partial charge is 0.330 e. The molecular formula is C11H19N3S. The van der Waals surface area contributed by atoms with Crippen LogP contribution < -0.4 is 11.1 Å². The fraction of sp³-hybridized carbons (Fsp3) is 0.727. The maximum atomic E-state index is 5.76. The molecule has 1 aliphatic carbocycles. The first-order valence-electron chi connectivity index (χ1n) is 5.62. The molecule has 4 heteroatoms. The van der Waals surface area contributed by atoms with Gasteiger partial charge in [0.15, 0.2) is 0 Å². The van der Waals surface area contributed by atoms with Gasteiger partial charge in [-0.2, -0.15) is 0 Å². The van der Waals surface area contributed by atoms with Crippen molar-refractivity contribution in [3.63, 3.8) is 0 Å². The van der Waals surface area contributed by atoms with Crippen LogP contribution in [0.2, 0.25) is 0 Å². The molecular weight excluding hydrogens is 206 g/mol. The second-order valence-corrected chi connectivity index (χ2v) is 5.34. The van der Waals surface area contributed by atoms with Crippen molar-refractivity contribution < 1.29 is 0 Å². The van der Waals surface area contributed by atoms with Crippen molar-refractivity contribution in [3.05, 3.63) is 16.6 Å². The molecule has 0 aromatic carbocycles. The van der Waals surface area contributed by atoms with E-state index in [0.717, 1.165) is 19.5 Å². The normalized spacial score (nSPS) is 20.1. The summed E-state index contributed by atoms with van der Waals surface area (Å²) in [7, 11) is 0. The molecule has 1 fully saturated rings. The monoisotopic (exact) mass is 225 g/mol. The minimum Gasteiger partial charge on any atom is -0.330 e. The summed E-state index contributed by atoms with van der Waals surface area (Å²) in [4.78, 5) is 4.36. The number of nitrogens with zero attached hydrogens (tertiary/aromatic N) is 1. The van der Waals surface area contributed by atoms with Gasteiger partial charge in [-0.3, -0.25) is 0 Å². The van der Waals surface area contributed by atoms with Gasteiger partial charge in [0, 0.05) is 18.1 Å². The van der Waals surface area contributed by atoms with E-state index >= 15 is 0 Å². The molecule has 1 aromatic heterocycles. The van der Waals surface area contributed by atoms with Crippen LogP contribution in [0.4, 0.5) is 0 Å². The van der Waals surface area contributed by atoms with E-state index in [0.29, 0.717) is 11.5 Å². The summed E-state index contributed by atoms with van der Waals surface area (Å²) in [6.07, 6.45) is 5.53. The standard InChI is InChI=1S/C11H19N3S/c1-2-9(10-13-5-6-15-10)14-8-11(7-12)3-4-11/h5-6,9,14H,2-4,7-8,12H2,1H3. The summed E-state index contributed by atoms with van der Waals surface area (Å²) in [5, 5.41) is 6.83. The summed E-state index contributed by atoms with van der Waals surface area (Å²) in [5.74, 6) is 0. The second-order valence-electron chi connectivity index (χ2n) is 4.42. The lowest BCUT2D eigenvalue weighted by molar-refractivity contribution is 0.414. The Morgan fingerprint density at radius 3 is 2.93 bits per heavy atom. The van der Waals surface area contributed by atoms with Crippen molar-refractivity contribution in [3.8, 4) is 0 Å². The van der Waals surface area contributed by atoms with E-state index < -0.39 is 0 Å². The van der Waals surface area contributed by atoms with Crippen molar-refractivity contribution in [2.45, 2.75) is 32.2 Å². The van der Waals surface area contributed by atoms with Crippen molar-refractivity contribution >= 4 is 11.3 Å². The predicted molar refractivity (Wildman–Crippen MR) is 63.9 cm³/mol. The van der Waals surface area contributed by atoms with Gasteiger partial charge in [0.25, 0.3) is 0 Å². The summed E-state index contributed by atoms with van der Waals surface area (Å²) in [6.45, 7) is 4.05. The molecule has 3 nitrogen and oxygen atoms in total. The van der Waals surface area contributed by atoms with E-state index in [9.17, 15) is 0 Å². The molecule has 0 amide bonds. The molecule has 3 N–H and O–H groups in total. The highest BCUT2D eigenvalue weighted by Gasteiger charge is 2.41. The summed E-state index contributed by atoms with van der Waals surface area (Å²) in [5.41, 5.74) is 6.17. The summed E-state index contributed by atoms with van der Waals surface area (Å²) >= 11 is 1.73. The number of aromatic nitrogens is 1. The first kappa shape index (κ1) is 11.0. The molecule has 15 heavy (non-hydrogen) atoms. The van der Waals surface area contributed by atoms with Crippen LogP contribution in [0.25, 0.3) is 0 Å². The van der Waals surface area contributed by atoms with Crippen LogP contribution >= 0.6 is 11.3 Å². The zero-order valence-electron chi connectivity index (χ0n) is 9.20. The quantitative estimate of drug-likeness (QED) is 0.777. The highest BCUT2D eigenvalue weighted by molar-refractivity contribution is 7.09. The third-order valence-corrected chi connectivity index (χ3v) is 4.16. The minimum absolute atomic E-state index is 0.407. The molecule has 1 aliphatic rings. The molecule has 84 valence electrons. The SMILES string of the molecule is CCC(NCC1(CN)CC1)c1nccs1. The summed E-state index contributed by atoms with van der Waals surface area (Å²) < 4.78 is 0. The Kier molecular flexibility index (Phi) is 3.38. The predicted octanol–water partition coefficient (Wildman–Crippen LogP) is 1.92. The molecule has 0 saturated heterocycles. The van der Waals surface area contributed by atoms with Crippen molar-refractivity contribution in [1.82, 2.24) is 10.3 Å². The fourth-order valence-corrected chi connectivity index (χ4v) is 2.58. The topological polar surface area (TPSA) is 50.9 Å². The molecule has 2 rings (SSSR count). The van der Waals surface area contributed by atoms with Gasteiger partial charge in [0.05, 0.1) is 6.04 Å². The van der Waals surface area contributed by atoms with Gasteiger partial charge in [-0.25, -0.2) is 4.98 Å². The van der Waals surface area contributed by atoms with Crippen LogP contribution in [-0.4, -0.2) is 18.1 Å². The molecule has 0 radical (unpaired) electrons. The molecule has 0 aliphatic heterocycles. The van der Waals surface area contributed by atoms with Crippen molar-refractivity contribution in [2.75, 3.05) is 13.1 Å². The van der Waals surface area contributed by atoms with Gasteiger partial charge in [-0.15, -0.1) is 11.3 Å². The lowest BCUT2D eigenvalue weighted by Crippen LogP contribution is -2.32. The Morgan fingerprint density at radius 1 is 1.67 bits per heavy atom. The fourth-order valence-electron chi connectivity index (χ4n) is 1.78. The third kappa shape index (κ3) is 2.56. The van der Waals surface area contributed by atoms with Gasteiger partial charge in [0.1, 0.15) is 5.01 Å².